The summed E-state index contributed by atoms with van der Waals surface area (Å²) in [4.78, 5) is 8.37. The molecule has 2 heteroatoms. The van der Waals surface area contributed by atoms with Crippen LogP contribution in [-0.2, 0) is 0 Å². The van der Waals surface area contributed by atoms with E-state index in [2.05, 4.69) is 16.9 Å². The lowest BCUT2D eigenvalue weighted by Crippen LogP contribution is -1.97. The molecule has 0 saturated heterocycles. The number of hydrogen-bond donors (Lipinski definition) is 0. The van der Waals surface area contributed by atoms with Crippen LogP contribution in [-0.4, -0.2) is 12.6 Å². The van der Waals surface area contributed by atoms with Crippen molar-refractivity contribution >= 4 is 12.6 Å². The van der Waals surface area contributed by atoms with Crippen LogP contribution >= 0.6 is 0 Å². The van der Waals surface area contributed by atoms with Crippen molar-refractivity contribution in [1.29, 1.82) is 0 Å². The quantitative estimate of drug-likeness (QED) is 0.467. The van der Waals surface area contributed by atoms with Gasteiger partial charge in [0, 0.05) is 11.9 Å². The molecular formula is C11H18N2. The van der Waals surface area contributed by atoms with Gasteiger partial charge in [-0.15, -0.1) is 0 Å². The first-order chi connectivity index (χ1) is 6.38. The molecule has 13 heavy (non-hydrogen) atoms. The molecule has 0 spiro atoms. The van der Waals surface area contributed by atoms with Crippen LogP contribution < -0.4 is 0 Å². The summed E-state index contributed by atoms with van der Waals surface area (Å²) >= 11 is 0. The molecule has 0 N–H and O–H groups in total. The summed E-state index contributed by atoms with van der Waals surface area (Å²) in [5.41, 5.74) is 2.80. The minimum Gasteiger partial charge on any atom is -0.250 e. The summed E-state index contributed by atoms with van der Waals surface area (Å²) in [6.45, 7) is 4.11. The summed E-state index contributed by atoms with van der Waals surface area (Å²) in [6, 6.07) is 0. The molecule has 0 aliphatic heterocycles. The molecule has 1 aliphatic carbocycles. The Morgan fingerprint density at radius 3 is 2.77 bits per heavy atom. The van der Waals surface area contributed by atoms with Gasteiger partial charge >= 0.3 is 0 Å². The predicted molar refractivity (Wildman–Crippen MR) is 58.4 cm³/mol. The predicted octanol–water partition coefficient (Wildman–Crippen LogP) is 3.34. The SMILES string of the molecule is CC=NC=NC1=C(CC)CCCC1. The summed E-state index contributed by atoms with van der Waals surface area (Å²) < 4.78 is 0. The molecule has 0 atom stereocenters. The van der Waals surface area contributed by atoms with Gasteiger partial charge in [-0.1, -0.05) is 6.92 Å². The van der Waals surface area contributed by atoms with Crippen LogP contribution in [0.4, 0.5) is 0 Å². The Kier molecular flexibility index (Phi) is 4.44. The van der Waals surface area contributed by atoms with Crippen LogP contribution in [0.5, 0.6) is 0 Å². The van der Waals surface area contributed by atoms with Gasteiger partial charge in [-0.05, 0) is 44.6 Å². The maximum Gasteiger partial charge on any atom is 0.115 e. The van der Waals surface area contributed by atoms with E-state index >= 15 is 0 Å². The molecule has 2 nitrogen and oxygen atoms in total. The number of nitrogens with zero attached hydrogens (tertiary/aromatic N) is 2. The monoisotopic (exact) mass is 178 g/mol. The summed E-state index contributed by atoms with van der Waals surface area (Å²) in [6.07, 6.45) is 9.56. The molecule has 0 heterocycles. The Bertz CT molecular complexity index is 236. The molecule has 0 bridgehead atoms. The molecule has 0 unspecified atom stereocenters. The Morgan fingerprint density at radius 1 is 1.31 bits per heavy atom. The van der Waals surface area contributed by atoms with Crippen molar-refractivity contribution in [2.45, 2.75) is 46.0 Å². The summed E-state index contributed by atoms with van der Waals surface area (Å²) in [7, 11) is 0. The lowest BCUT2D eigenvalue weighted by molar-refractivity contribution is 0.651. The molecule has 72 valence electrons. The molecule has 0 aromatic rings. The van der Waals surface area contributed by atoms with Gasteiger partial charge in [-0.25, -0.2) is 9.98 Å². The topological polar surface area (TPSA) is 24.7 Å². The van der Waals surface area contributed by atoms with Gasteiger partial charge in [0.05, 0.1) is 0 Å². The Morgan fingerprint density at radius 2 is 2.08 bits per heavy atom. The van der Waals surface area contributed by atoms with Gasteiger partial charge < -0.3 is 0 Å². The van der Waals surface area contributed by atoms with Crippen molar-refractivity contribution in [2.75, 3.05) is 0 Å². The van der Waals surface area contributed by atoms with Gasteiger partial charge in [-0.2, -0.15) is 0 Å². The number of aliphatic imine (C=N–C) groups is 2. The smallest absolute Gasteiger partial charge is 0.115 e. The zero-order valence-corrected chi connectivity index (χ0v) is 8.58. The summed E-state index contributed by atoms with van der Waals surface area (Å²) in [5.74, 6) is 0. The third-order valence-electron chi connectivity index (χ3n) is 2.41. The zero-order valence-electron chi connectivity index (χ0n) is 8.58. The molecule has 0 saturated carbocycles. The molecule has 0 aromatic heterocycles. The van der Waals surface area contributed by atoms with E-state index in [1.165, 1.54) is 30.5 Å². The lowest BCUT2D eigenvalue weighted by Gasteiger charge is -2.15. The summed E-state index contributed by atoms with van der Waals surface area (Å²) in [5, 5.41) is 0. The van der Waals surface area contributed by atoms with Crippen LogP contribution in [0.3, 0.4) is 0 Å². The highest BCUT2D eigenvalue weighted by Crippen LogP contribution is 2.27. The van der Waals surface area contributed by atoms with Gasteiger partial charge in [0.1, 0.15) is 6.34 Å². The third-order valence-corrected chi connectivity index (χ3v) is 2.41. The van der Waals surface area contributed by atoms with E-state index in [1.54, 1.807) is 12.6 Å². The van der Waals surface area contributed by atoms with Crippen molar-refractivity contribution in [2.24, 2.45) is 9.98 Å². The first-order valence-electron chi connectivity index (χ1n) is 5.09. The second-order valence-corrected chi connectivity index (χ2v) is 3.26. The average Bonchev–Trinajstić information content (AvgIpc) is 2.19. The van der Waals surface area contributed by atoms with E-state index in [0.29, 0.717) is 0 Å². The highest BCUT2D eigenvalue weighted by Gasteiger charge is 2.09. The molecule has 1 rings (SSSR count). The maximum atomic E-state index is 4.38. The first kappa shape index (κ1) is 10.2. The second kappa shape index (κ2) is 5.68. The van der Waals surface area contributed by atoms with Crippen molar-refractivity contribution in [3.05, 3.63) is 11.3 Å². The van der Waals surface area contributed by atoms with Gasteiger partial charge in [0.25, 0.3) is 0 Å². The van der Waals surface area contributed by atoms with E-state index < -0.39 is 0 Å². The van der Waals surface area contributed by atoms with Crippen LogP contribution in [0.15, 0.2) is 21.3 Å². The second-order valence-electron chi connectivity index (χ2n) is 3.26. The normalized spacial score (nSPS) is 19.2. The Balaban J connectivity index is 2.67. The van der Waals surface area contributed by atoms with Crippen LogP contribution in [0.25, 0.3) is 0 Å². The van der Waals surface area contributed by atoms with Gasteiger partial charge in [0.2, 0.25) is 0 Å². The minimum absolute atomic E-state index is 1.14. The number of allylic oxidation sites excluding steroid dienone is 2. The van der Waals surface area contributed by atoms with Gasteiger partial charge in [0.15, 0.2) is 0 Å². The van der Waals surface area contributed by atoms with Crippen LogP contribution in [0, 0.1) is 0 Å². The van der Waals surface area contributed by atoms with Crippen molar-refractivity contribution in [3.8, 4) is 0 Å². The number of rotatable bonds is 3. The molecule has 0 radical (unpaired) electrons. The standard InChI is InChI=1S/C11H18N2/c1-3-10-7-5-6-8-11(10)13-9-12-4-2/h4,9H,3,5-8H2,1-2H3. The van der Waals surface area contributed by atoms with Crippen LogP contribution in [0.2, 0.25) is 0 Å². The molecule has 0 amide bonds. The van der Waals surface area contributed by atoms with E-state index in [4.69, 9.17) is 0 Å². The zero-order chi connectivity index (χ0) is 9.52. The van der Waals surface area contributed by atoms with Crippen molar-refractivity contribution < 1.29 is 0 Å². The Labute approximate surface area is 80.5 Å². The third kappa shape index (κ3) is 3.13. The van der Waals surface area contributed by atoms with Gasteiger partial charge in [-0.3, -0.25) is 0 Å². The van der Waals surface area contributed by atoms with E-state index in [0.717, 1.165) is 12.8 Å². The fourth-order valence-corrected chi connectivity index (χ4v) is 1.66. The Hall–Kier alpha value is -0.920. The van der Waals surface area contributed by atoms with E-state index in [1.807, 2.05) is 6.92 Å². The molecule has 1 aliphatic rings. The lowest BCUT2D eigenvalue weighted by atomic mass is 9.95. The van der Waals surface area contributed by atoms with Crippen molar-refractivity contribution in [3.63, 3.8) is 0 Å². The maximum absolute atomic E-state index is 4.38. The highest BCUT2D eigenvalue weighted by molar-refractivity contribution is 5.71. The molecular weight excluding hydrogens is 160 g/mol. The van der Waals surface area contributed by atoms with Crippen LogP contribution in [0.1, 0.15) is 46.0 Å². The fourth-order valence-electron chi connectivity index (χ4n) is 1.66. The molecule has 0 fully saturated rings. The largest absolute Gasteiger partial charge is 0.250 e. The molecule has 0 aromatic carbocycles. The highest BCUT2D eigenvalue weighted by atomic mass is 14.9. The van der Waals surface area contributed by atoms with E-state index in [-0.39, 0.29) is 0 Å². The first-order valence-corrected chi connectivity index (χ1v) is 5.09. The minimum atomic E-state index is 1.14. The average molecular weight is 178 g/mol. The van der Waals surface area contributed by atoms with E-state index in [9.17, 15) is 0 Å². The van der Waals surface area contributed by atoms with Crippen molar-refractivity contribution in [1.82, 2.24) is 0 Å². The fraction of sp³-hybridized carbons (Fsp3) is 0.636. The number of hydrogen-bond acceptors (Lipinski definition) is 1.